The van der Waals surface area contributed by atoms with Crippen LogP contribution >= 0.6 is 15.9 Å². The number of hydrogen-bond donors (Lipinski definition) is 2. The van der Waals surface area contributed by atoms with E-state index in [-0.39, 0.29) is 17.0 Å². The van der Waals surface area contributed by atoms with Crippen LogP contribution in [0.1, 0.15) is 18.9 Å². The second-order valence-electron chi connectivity index (χ2n) is 6.35. The lowest BCUT2D eigenvalue weighted by atomic mass is 10.1. The van der Waals surface area contributed by atoms with Gasteiger partial charge in [0, 0.05) is 4.47 Å². The highest BCUT2D eigenvalue weighted by atomic mass is 79.9. The molecular formula is C21H19BrN2O6. The lowest BCUT2D eigenvalue weighted by Crippen LogP contribution is -2.54. The smallest absolute Gasteiger partial charge is 0.335 e. The predicted molar refractivity (Wildman–Crippen MR) is 114 cm³/mol. The fourth-order valence-corrected chi connectivity index (χ4v) is 3.23. The zero-order valence-corrected chi connectivity index (χ0v) is 17.9. The Hall–Kier alpha value is -3.33. The summed E-state index contributed by atoms with van der Waals surface area (Å²) in [5, 5.41) is 11.6. The van der Waals surface area contributed by atoms with Gasteiger partial charge in [0.1, 0.15) is 11.3 Å². The number of amides is 4. The molecule has 0 radical (unpaired) electrons. The predicted octanol–water partition coefficient (Wildman–Crippen LogP) is 3.62. The minimum absolute atomic E-state index is 0.0168. The summed E-state index contributed by atoms with van der Waals surface area (Å²) in [5.74, 6) is -0.650. The van der Waals surface area contributed by atoms with Gasteiger partial charge in [-0.1, -0.05) is 22.9 Å². The summed E-state index contributed by atoms with van der Waals surface area (Å²) in [6.07, 6.45) is 2.19. The quantitative estimate of drug-likeness (QED) is 0.489. The van der Waals surface area contributed by atoms with Crippen LogP contribution in [-0.4, -0.2) is 36.7 Å². The van der Waals surface area contributed by atoms with Crippen molar-refractivity contribution in [2.45, 2.75) is 13.3 Å². The van der Waals surface area contributed by atoms with E-state index in [0.29, 0.717) is 28.1 Å². The molecule has 8 nitrogen and oxygen atoms in total. The van der Waals surface area contributed by atoms with E-state index in [4.69, 9.17) is 9.47 Å². The number of halogens is 1. The van der Waals surface area contributed by atoms with Crippen LogP contribution in [0.3, 0.4) is 0 Å². The van der Waals surface area contributed by atoms with Crippen molar-refractivity contribution in [3.05, 3.63) is 52.0 Å². The van der Waals surface area contributed by atoms with Gasteiger partial charge in [-0.15, -0.1) is 0 Å². The second-order valence-corrected chi connectivity index (χ2v) is 7.20. The second kappa shape index (κ2) is 9.00. The van der Waals surface area contributed by atoms with E-state index in [0.717, 1.165) is 11.3 Å². The summed E-state index contributed by atoms with van der Waals surface area (Å²) in [6, 6.07) is 7.93. The molecule has 0 atom stereocenters. The number of hydrogen-bond acceptors (Lipinski definition) is 6. The van der Waals surface area contributed by atoms with Crippen molar-refractivity contribution in [3.8, 4) is 17.2 Å². The molecular weight excluding hydrogens is 456 g/mol. The maximum absolute atomic E-state index is 13.0. The summed E-state index contributed by atoms with van der Waals surface area (Å²) < 4.78 is 11.6. The Labute approximate surface area is 181 Å². The third-order valence-corrected chi connectivity index (χ3v) is 4.94. The van der Waals surface area contributed by atoms with Gasteiger partial charge in [-0.05, 0) is 54.5 Å². The van der Waals surface area contributed by atoms with Crippen LogP contribution in [0.25, 0.3) is 6.08 Å². The Kier molecular flexibility index (Phi) is 6.41. The third kappa shape index (κ3) is 4.30. The number of urea groups is 1. The number of barbiturate groups is 1. The molecule has 1 fully saturated rings. The molecule has 1 heterocycles. The van der Waals surface area contributed by atoms with Crippen molar-refractivity contribution in [2.24, 2.45) is 0 Å². The Morgan fingerprint density at radius 2 is 1.83 bits per heavy atom. The van der Waals surface area contributed by atoms with E-state index in [1.165, 1.54) is 37.5 Å². The lowest BCUT2D eigenvalue weighted by molar-refractivity contribution is -0.122. The molecule has 0 unspecified atom stereocenters. The number of nitrogens with one attached hydrogen (secondary N) is 1. The molecule has 0 bridgehead atoms. The Morgan fingerprint density at radius 1 is 1.13 bits per heavy atom. The fourth-order valence-electron chi connectivity index (χ4n) is 2.79. The molecule has 0 saturated carbocycles. The zero-order chi connectivity index (χ0) is 21.8. The number of anilines is 1. The molecule has 9 heteroatoms. The van der Waals surface area contributed by atoms with Gasteiger partial charge < -0.3 is 14.6 Å². The molecule has 0 spiro atoms. The van der Waals surface area contributed by atoms with Gasteiger partial charge in [-0.3, -0.25) is 14.9 Å². The number of nitrogens with zero attached hydrogens (tertiary/aromatic N) is 1. The number of aromatic hydroxyl groups is 1. The number of imide groups is 2. The van der Waals surface area contributed by atoms with Crippen LogP contribution in [-0.2, 0) is 9.59 Å². The lowest BCUT2D eigenvalue weighted by Gasteiger charge is -2.26. The summed E-state index contributed by atoms with van der Waals surface area (Å²) in [5.41, 5.74) is 0.482. The SMILES string of the molecule is CCCOc1cc(Br)c(C=C2C(=O)NC(=O)N(c3ccc(O)cc3)C2=O)cc1OC. The Morgan fingerprint density at radius 3 is 2.47 bits per heavy atom. The number of methoxy groups -OCH3 is 1. The summed E-state index contributed by atoms with van der Waals surface area (Å²) in [4.78, 5) is 38.4. The first-order valence-corrected chi connectivity index (χ1v) is 9.85. The van der Waals surface area contributed by atoms with Crippen LogP contribution in [0, 0.1) is 0 Å². The molecule has 0 aromatic heterocycles. The number of carbonyl (C=O) groups excluding carboxylic acids is 3. The van der Waals surface area contributed by atoms with E-state index < -0.39 is 17.8 Å². The van der Waals surface area contributed by atoms with Crippen molar-refractivity contribution in [1.29, 1.82) is 0 Å². The first-order valence-electron chi connectivity index (χ1n) is 9.06. The van der Waals surface area contributed by atoms with Crippen LogP contribution in [0.15, 0.2) is 46.4 Å². The van der Waals surface area contributed by atoms with E-state index in [1.54, 1.807) is 12.1 Å². The monoisotopic (exact) mass is 474 g/mol. The number of phenols is 1. The minimum Gasteiger partial charge on any atom is -0.508 e. The molecule has 2 aromatic rings. The van der Waals surface area contributed by atoms with Crippen LogP contribution in [0.2, 0.25) is 0 Å². The van der Waals surface area contributed by atoms with Gasteiger partial charge >= 0.3 is 6.03 Å². The molecule has 1 aliphatic heterocycles. The molecule has 30 heavy (non-hydrogen) atoms. The largest absolute Gasteiger partial charge is 0.508 e. The maximum atomic E-state index is 13.0. The highest BCUT2D eigenvalue weighted by Crippen LogP contribution is 2.35. The summed E-state index contributed by atoms with van der Waals surface area (Å²) in [6.45, 7) is 2.49. The van der Waals surface area contributed by atoms with Crippen molar-refractivity contribution in [1.82, 2.24) is 5.32 Å². The van der Waals surface area contributed by atoms with E-state index in [1.807, 2.05) is 6.92 Å². The van der Waals surface area contributed by atoms with Gasteiger partial charge in [-0.25, -0.2) is 9.69 Å². The van der Waals surface area contributed by atoms with Crippen LogP contribution < -0.4 is 19.7 Å². The topological polar surface area (TPSA) is 105 Å². The Balaban J connectivity index is 2.01. The highest BCUT2D eigenvalue weighted by Gasteiger charge is 2.37. The molecule has 4 amide bonds. The van der Waals surface area contributed by atoms with Gasteiger partial charge in [0.15, 0.2) is 11.5 Å². The summed E-state index contributed by atoms with van der Waals surface area (Å²) in [7, 11) is 1.49. The van der Waals surface area contributed by atoms with Crippen LogP contribution in [0.4, 0.5) is 10.5 Å². The normalized spacial score (nSPS) is 15.4. The summed E-state index contributed by atoms with van der Waals surface area (Å²) >= 11 is 3.42. The molecule has 1 saturated heterocycles. The van der Waals surface area contributed by atoms with Gasteiger partial charge in [0.25, 0.3) is 11.8 Å². The van der Waals surface area contributed by atoms with Crippen molar-refractivity contribution in [2.75, 3.05) is 18.6 Å². The molecule has 156 valence electrons. The van der Waals surface area contributed by atoms with Gasteiger partial charge in [0.05, 0.1) is 19.4 Å². The molecule has 2 aromatic carbocycles. The number of benzene rings is 2. The van der Waals surface area contributed by atoms with Crippen molar-refractivity contribution < 1.29 is 29.0 Å². The first-order chi connectivity index (χ1) is 14.3. The standard InChI is InChI=1S/C21H19BrN2O6/c1-3-8-30-18-11-16(22)12(10-17(18)29-2)9-15-19(26)23-21(28)24(20(15)27)13-4-6-14(25)7-5-13/h4-7,9-11,25H,3,8H2,1-2H3,(H,23,26,28). The molecule has 3 rings (SSSR count). The van der Waals surface area contributed by atoms with Crippen molar-refractivity contribution in [3.63, 3.8) is 0 Å². The maximum Gasteiger partial charge on any atom is 0.335 e. The molecule has 1 aliphatic rings. The van der Waals surface area contributed by atoms with Gasteiger partial charge in [0.2, 0.25) is 0 Å². The van der Waals surface area contributed by atoms with E-state index >= 15 is 0 Å². The zero-order valence-electron chi connectivity index (χ0n) is 16.3. The molecule has 0 aliphatic carbocycles. The fraction of sp³-hybridized carbons (Fsp3) is 0.190. The first kappa shape index (κ1) is 21.4. The van der Waals surface area contributed by atoms with Gasteiger partial charge in [-0.2, -0.15) is 0 Å². The highest BCUT2D eigenvalue weighted by molar-refractivity contribution is 9.10. The van der Waals surface area contributed by atoms with E-state index in [9.17, 15) is 19.5 Å². The average molecular weight is 475 g/mol. The Bertz CT molecular complexity index is 1030. The minimum atomic E-state index is -0.868. The number of carbonyl (C=O) groups is 3. The van der Waals surface area contributed by atoms with Crippen LogP contribution in [0.5, 0.6) is 17.2 Å². The molecule has 2 N–H and O–H groups in total. The number of ether oxygens (including phenoxy) is 2. The van der Waals surface area contributed by atoms with Crippen molar-refractivity contribution >= 4 is 45.5 Å². The number of phenolic OH excluding ortho intramolecular Hbond substituents is 1. The average Bonchev–Trinajstić information content (AvgIpc) is 2.71. The van der Waals surface area contributed by atoms with E-state index in [2.05, 4.69) is 21.2 Å². The number of rotatable bonds is 6. The third-order valence-electron chi connectivity index (χ3n) is 4.25.